The minimum Gasteiger partial charge on any atom is -0.381 e. The van der Waals surface area contributed by atoms with Crippen LogP contribution in [0.1, 0.15) is 49.3 Å². The fourth-order valence-electron chi connectivity index (χ4n) is 2.66. The van der Waals surface area contributed by atoms with Gasteiger partial charge in [-0.05, 0) is 54.4 Å². The molecule has 0 atom stereocenters. The van der Waals surface area contributed by atoms with E-state index in [0.29, 0.717) is 5.92 Å². The molecule has 2 heteroatoms. The second kappa shape index (κ2) is 5.63. The molecule has 0 spiro atoms. The maximum Gasteiger partial charge on any atom is 0.126 e. The predicted molar refractivity (Wildman–Crippen MR) is 68.0 cm³/mol. The Balaban J connectivity index is 2.32. The number of hydrogen-bond donors (Lipinski definition) is 0. The van der Waals surface area contributed by atoms with Crippen molar-refractivity contribution in [2.24, 2.45) is 0 Å². The van der Waals surface area contributed by atoms with Crippen LogP contribution in [0.4, 0.5) is 4.39 Å². The highest BCUT2D eigenvalue weighted by Crippen LogP contribution is 2.31. The molecule has 0 N–H and O–H groups in total. The molecule has 0 saturated carbocycles. The smallest absolute Gasteiger partial charge is 0.126 e. The Hall–Kier alpha value is -0.890. The zero-order chi connectivity index (χ0) is 12.3. The Morgan fingerprint density at radius 2 is 1.71 bits per heavy atom. The molecule has 1 nitrogen and oxygen atoms in total. The van der Waals surface area contributed by atoms with Crippen molar-refractivity contribution in [3.8, 4) is 0 Å². The molecule has 1 saturated heterocycles. The number of benzene rings is 1. The summed E-state index contributed by atoms with van der Waals surface area (Å²) in [6.45, 7) is 5.75. The summed E-state index contributed by atoms with van der Waals surface area (Å²) in [5.41, 5.74) is 3.36. The maximum absolute atomic E-state index is 14.1. The topological polar surface area (TPSA) is 9.23 Å². The van der Waals surface area contributed by atoms with Crippen molar-refractivity contribution in [3.63, 3.8) is 0 Å². The normalized spacial score (nSPS) is 17.4. The van der Waals surface area contributed by atoms with Gasteiger partial charge >= 0.3 is 0 Å². The molecule has 1 aliphatic rings. The largest absolute Gasteiger partial charge is 0.381 e. The summed E-state index contributed by atoms with van der Waals surface area (Å²) in [5, 5.41) is 0. The van der Waals surface area contributed by atoms with Gasteiger partial charge in [-0.2, -0.15) is 0 Å². The summed E-state index contributed by atoms with van der Waals surface area (Å²) >= 11 is 0. The molecular formula is C15H21FO. The van der Waals surface area contributed by atoms with Crippen molar-refractivity contribution in [2.75, 3.05) is 13.2 Å². The van der Waals surface area contributed by atoms with Crippen LogP contribution in [-0.2, 0) is 17.6 Å². The van der Waals surface area contributed by atoms with Gasteiger partial charge in [0.05, 0.1) is 0 Å². The summed E-state index contributed by atoms with van der Waals surface area (Å²) < 4.78 is 19.4. The fraction of sp³-hybridized carbons (Fsp3) is 0.600. The zero-order valence-electron chi connectivity index (χ0n) is 10.8. The highest BCUT2D eigenvalue weighted by Gasteiger charge is 2.20. The highest BCUT2D eigenvalue weighted by molar-refractivity contribution is 5.35. The second-order valence-corrected chi connectivity index (χ2v) is 4.74. The highest BCUT2D eigenvalue weighted by atomic mass is 19.1. The van der Waals surface area contributed by atoms with E-state index >= 15 is 0 Å². The van der Waals surface area contributed by atoms with Crippen molar-refractivity contribution in [1.82, 2.24) is 0 Å². The number of rotatable bonds is 3. The molecule has 1 aromatic rings. The SMILES string of the molecule is CCc1cc(F)c(C2CCOCC2)cc1CC. The maximum atomic E-state index is 14.1. The average Bonchev–Trinajstić information content (AvgIpc) is 2.39. The summed E-state index contributed by atoms with van der Waals surface area (Å²) in [6, 6.07) is 3.83. The number of halogens is 1. The van der Waals surface area contributed by atoms with Gasteiger partial charge in [0.25, 0.3) is 0 Å². The number of ether oxygens (including phenoxy) is 1. The lowest BCUT2D eigenvalue weighted by atomic mass is 9.88. The molecule has 0 bridgehead atoms. The Morgan fingerprint density at radius 3 is 2.29 bits per heavy atom. The van der Waals surface area contributed by atoms with Crippen LogP contribution in [-0.4, -0.2) is 13.2 Å². The first-order valence-corrected chi connectivity index (χ1v) is 6.65. The summed E-state index contributed by atoms with van der Waals surface area (Å²) in [6.07, 6.45) is 3.80. The van der Waals surface area contributed by atoms with Crippen LogP contribution >= 0.6 is 0 Å². The van der Waals surface area contributed by atoms with Crippen molar-refractivity contribution < 1.29 is 9.13 Å². The molecular weight excluding hydrogens is 215 g/mol. The van der Waals surface area contributed by atoms with Gasteiger partial charge in [0.1, 0.15) is 5.82 Å². The van der Waals surface area contributed by atoms with Gasteiger partial charge in [-0.1, -0.05) is 19.9 Å². The molecule has 0 aromatic heterocycles. The number of aryl methyl sites for hydroxylation is 2. The third-order valence-electron chi connectivity index (χ3n) is 3.74. The van der Waals surface area contributed by atoms with Crippen LogP contribution in [0, 0.1) is 5.82 Å². The lowest BCUT2D eigenvalue weighted by Crippen LogP contribution is -2.15. The third kappa shape index (κ3) is 2.68. The van der Waals surface area contributed by atoms with Crippen molar-refractivity contribution >= 4 is 0 Å². The van der Waals surface area contributed by atoms with Crippen LogP contribution in [0.3, 0.4) is 0 Å². The van der Waals surface area contributed by atoms with Crippen molar-refractivity contribution in [2.45, 2.75) is 45.4 Å². The molecule has 0 radical (unpaired) electrons. The minimum absolute atomic E-state index is 0.0223. The molecule has 17 heavy (non-hydrogen) atoms. The van der Waals surface area contributed by atoms with Gasteiger partial charge in [-0.15, -0.1) is 0 Å². The third-order valence-corrected chi connectivity index (χ3v) is 3.74. The van der Waals surface area contributed by atoms with E-state index in [1.165, 1.54) is 5.56 Å². The molecule has 0 unspecified atom stereocenters. The molecule has 1 heterocycles. The van der Waals surface area contributed by atoms with Crippen LogP contribution in [0.25, 0.3) is 0 Å². The Kier molecular flexibility index (Phi) is 4.16. The van der Waals surface area contributed by atoms with E-state index in [9.17, 15) is 4.39 Å². The Bertz CT molecular complexity index is 381. The number of hydrogen-bond acceptors (Lipinski definition) is 1. The summed E-state index contributed by atoms with van der Waals surface area (Å²) in [7, 11) is 0. The van der Waals surface area contributed by atoms with Crippen LogP contribution in [0.15, 0.2) is 12.1 Å². The first kappa shape index (κ1) is 12.6. The lowest BCUT2D eigenvalue weighted by Gasteiger charge is -2.24. The lowest BCUT2D eigenvalue weighted by molar-refractivity contribution is 0.0846. The molecule has 94 valence electrons. The van der Waals surface area contributed by atoms with E-state index in [4.69, 9.17) is 4.74 Å². The van der Waals surface area contributed by atoms with Crippen LogP contribution < -0.4 is 0 Å². The quantitative estimate of drug-likeness (QED) is 0.774. The summed E-state index contributed by atoms with van der Waals surface area (Å²) in [5.74, 6) is 0.325. The van der Waals surface area contributed by atoms with Gasteiger partial charge in [0.15, 0.2) is 0 Å². The van der Waals surface area contributed by atoms with E-state index in [-0.39, 0.29) is 5.82 Å². The molecule has 0 amide bonds. The van der Waals surface area contributed by atoms with E-state index in [1.807, 2.05) is 0 Å². The van der Waals surface area contributed by atoms with Crippen molar-refractivity contribution in [1.29, 1.82) is 0 Å². The summed E-state index contributed by atoms with van der Waals surface area (Å²) in [4.78, 5) is 0. The standard InChI is InChI=1S/C15H21FO/c1-3-11-9-14(13-5-7-17-8-6-13)15(16)10-12(11)4-2/h9-10,13H,3-8H2,1-2H3. The Morgan fingerprint density at radius 1 is 1.12 bits per heavy atom. The fourth-order valence-corrected chi connectivity index (χ4v) is 2.66. The van der Waals surface area contributed by atoms with Crippen LogP contribution in [0.2, 0.25) is 0 Å². The van der Waals surface area contributed by atoms with Gasteiger partial charge in [-0.25, -0.2) is 4.39 Å². The monoisotopic (exact) mass is 236 g/mol. The van der Waals surface area contributed by atoms with Crippen molar-refractivity contribution in [3.05, 3.63) is 34.6 Å². The van der Waals surface area contributed by atoms with Crippen LogP contribution in [0.5, 0.6) is 0 Å². The minimum atomic E-state index is -0.0223. The van der Waals surface area contributed by atoms with Gasteiger partial charge < -0.3 is 4.74 Å². The molecule has 1 aromatic carbocycles. The van der Waals surface area contributed by atoms with E-state index in [0.717, 1.165) is 50.0 Å². The van der Waals surface area contributed by atoms with Gasteiger partial charge in [0, 0.05) is 13.2 Å². The molecule has 2 rings (SSSR count). The van der Waals surface area contributed by atoms with E-state index < -0.39 is 0 Å². The van der Waals surface area contributed by atoms with E-state index in [2.05, 4.69) is 19.9 Å². The van der Waals surface area contributed by atoms with Gasteiger partial charge in [-0.3, -0.25) is 0 Å². The average molecular weight is 236 g/mol. The first-order valence-electron chi connectivity index (χ1n) is 6.65. The molecule has 1 aliphatic heterocycles. The predicted octanol–water partition coefficient (Wildman–Crippen LogP) is 3.84. The molecule has 0 aliphatic carbocycles. The van der Waals surface area contributed by atoms with E-state index in [1.54, 1.807) is 6.07 Å². The second-order valence-electron chi connectivity index (χ2n) is 4.74. The van der Waals surface area contributed by atoms with Gasteiger partial charge in [0.2, 0.25) is 0 Å². The molecule has 1 fully saturated rings. The first-order chi connectivity index (χ1) is 8.26. The Labute approximate surface area is 103 Å². The zero-order valence-corrected chi connectivity index (χ0v) is 10.8.